The van der Waals surface area contributed by atoms with Gasteiger partial charge in [0.1, 0.15) is 0 Å². The van der Waals surface area contributed by atoms with Gasteiger partial charge in [0, 0.05) is 21.8 Å². The molecule has 7 heteroatoms. The molecule has 3 aromatic rings. The molecule has 3 rings (SSSR count). The molecule has 26 heavy (non-hydrogen) atoms. The van der Waals surface area contributed by atoms with E-state index in [4.69, 9.17) is 4.52 Å². The Hall–Kier alpha value is -2.67. The Morgan fingerprint density at radius 3 is 2.58 bits per heavy atom. The largest absolute Gasteiger partial charge is 0.339 e. The number of halogens is 1. The number of benzene rings is 2. The third-order valence-electron chi connectivity index (χ3n) is 3.59. The molecule has 134 valence electrons. The van der Waals surface area contributed by atoms with Crippen LogP contribution in [0, 0.1) is 0 Å². The molecule has 0 saturated heterocycles. The number of amides is 2. The average Bonchev–Trinajstić information content (AvgIpc) is 3.05. The highest BCUT2D eigenvalue weighted by molar-refractivity contribution is 9.10. The molecule has 0 fully saturated rings. The van der Waals surface area contributed by atoms with Crippen LogP contribution in [-0.2, 0) is 6.42 Å². The van der Waals surface area contributed by atoms with Crippen LogP contribution in [0.4, 0.5) is 10.5 Å². The number of carbonyl (C=O) groups is 1. The van der Waals surface area contributed by atoms with Crippen molar-refractivity contribution in [1.29, 1.82) is 0 Å². The SMILES string of the molecule is CC(C)NC(=O)Nc1ccc(-c2noc(Cc3ccccc3Br)n2)cc1. The number of rotatable bonds is 5. The van der Waals surface area contributed by atoms with Gasteiger partial charge in [0.15, 0.2) is 0 Å². The van der Waals surface area contributed by atoms with Crippen molar-refractivity contribution in [2.75, 3.05) is 5.32 Å². The zero-order valence-electron chi connectivity index (χ0n) is 14.5. The Morgan fingerprint density at radius 1 is 1.15 bits per heavy atom. The van der Waals surface area contributed by atoms with Gasteiger partial charge < -0.3 is 15.2 Å². The predicted molar refractivity (Wildman–Crippen MR) is 104 cm³/mol. The standard InChI is InChI=1S/C19H19BrN4O2/c1-12(2)21-19(25)22-15-9-7-13(8-10-15)18-23-17(26-24-18)11-14-5-3-4-6-16(14)20/h3-10,12H,11H2,1-2H3,(H2,21,22,25). The van der Waals surface area contributed by atoms with Crippen LogP contribution in [0.1, 0.15) is 25.3 Å². The number of hydrogen-bond acceptors (Lipinski definition) is 4. The molecule has 1 heterocycles. The molecule has 6 nitrogen and oxygen atoms in total. The highest BCUT2D eigenvalue weighted by atomic mass is 79.9. The molecule has 0 spiro atoms. The lowest BCUT2D eigenvalue weighted by atomic mass is 10.1. The topological polar surface area (TPSA) is 80.0 Å². The van der Waals surface area contributed by atoms with Crippen LogP contribution in [0.15, 0.2) is 57.5 Å². The lowest BCUT2D eigenvalue weighted by molar-refractivity contribution is 0.250. The number of aromatic nitrogens is 2. The van der Waals surface area contributed by atoms with E-state index < -0.39 is 0 Å². The quantitative estimate of drug-likeness (QED) is 0.637. The molecular weight excluding hydrogens is 396 g/mol. The van der Waals surface area contributed by atoms with Crippen LogP contribution in [0.25, 0.3) is 11.4 Å². The second kappa shape index (κ2) is 8.14. The molecule has 0 atom stereocenters. The van der Waals surface area contributed by atoms with Crippen molar-refractivity contribution in [3.05, 3.63) is 64.5 Å². The van der Waals surface area contributed by atoms with Gasteiger partial charge in [-0.15, -0.1) is 0 Å². The lowest BCUT2D eigenvalue weighted by Crippen LogP contribution is -2.34. The Labute approximate surface area is 160 Å². The zero-order chi connectivity index (χ0) is 18.5. The zero-order valence-corrected chi connectivity index (χ0v) is 16.1. The number of hydrogen-bond donors (Lipinski definition) is 2. The summed E-state index contributed by atoms with van der Waals surface area (Å²) in [4.78, 5) is 16.2. The van der Waals surface area contributed by atoms with Crippen LogP contribution in [0.5, 0.6) is 0 Å². The van der Waals surface area contributed by atoms with E-state index in [-0.39, 0.29) is 12.1 Å². The second-order valence-corrected chi connectivity index (χ2v) is 6.96. The van der Waals surface area contributed by atoms with Crippen molar-refractivity contribution < 1.29 is 9.32 Å². The molecule has 0 aliphatic carbocycles. The highest BCUT2D eigenvalue weighted by Gasteiger charge is 2.11. The summed E-state index contributed by atoms with van der Waals surface area (Å²) in [6, 6.07) is 15.1. The number of anilines is 1. The Morgan fingerprint density at radius 2 is 1.88 bits per heavy atom. The van der Waals surface area contributed by atoms with E-state index >= 15 is 0 Å². The molecule has 2 N–H and O–H groups in total. The minimum atomic E-state index is -0.233. The van der Waals surface area contributed by atoms with E-state index in [9.17, 15) is 4.79 Å². The maximum Gasteiger partial charge on any atom is 0.319 e. The fourth-order valence-corrected chi connectivity index (χ4v) is 2.81. The van der Waals surface area contributed by atoms with Gasteiger partial charge in [-0.05, 0) is 49.7 Å². The summed E-state index contributed by atoms with van der Waals surface area (Å²) in [7, 11) is 0. The van der Waals surface area contributed by atoms with Crippen LogP contribution < -0.4 is 10.6 Å². The van der Waals surface area contributed by atoms with Gasteiger partial charge in [-0.2, -0.15) is 4.98 Å². The number of nitrogens with zero attached hydrogens (tertiary/aromatic N) is 2. The summed E-state index contributed by atoms with van der Waals surface area (Å²) in [6.45, 7) is 3.81. The van der Waals surface area contributed by atoms with Gasteiger partial charge in [0.2, 0.25) is 11.7 Å². The smallest absolute Gasteiger partial charge is 0.319 e. The summed E-state index contributed by atoms with van der Waals surface area (Å²) in [5, 5.41) is 9.59. The van der Waals surface area contributed by atoms with Crippen molar-refractivity contribution in [2.45, 2.75) is 26.3 Å². The van der Waals surface area contributed by atoms with Gasteiger partial charge >= 0.3 is 6.03 Å². The van der Waals surface area contributed by atoms with Gasteiger partial charge in [-0.1, -0.05) is 39.3 Å². The third kappa shape index (κ3) is 4.70. The fourth-order valence-electron chi connectivity index (χ4n) is 2.38. The minimum Gasteiger partial charge on any atom is -0.339 e. The van der Waals surface area contributed by atoms with Crippen molar-refractivity contribution in [1.82, 2.24) is 15.5 Å². The maximum atomic E-state index is 11.7. The monoisotopic (exact) mass is 414 g/mol. The number of carbonyl (C=O) groups excluding carboxylic acids is 1. The van der Waals surface area contributed by atoms with E-state index in [0.29, 0.717) is 23.8 Å². The van der Waals surface area contributed by atoms with E-state index in [1.165, 1.54) is 0 Å². The van der Waals surface area contributed by atoms with Crippen molar-refractivity contribution in [3.8, 4) is 11.4 Å². The molecule has 0 radical (unpaired) electrons. The number of urea groups is 1. The van der Waals surface area contributed by atoms with Gasteiger partial charge in [-0.3, -0.25) is 0 Å². The van der Waals surface area contributed by atoms with Crippen LogP contribution in [-0.4, -0.2) is 22.2 Å². The second-order valence-electron chi connectivity index (χ2n) is 6.11. The summed E-state index contributed by atoms with van der Waals surface area (Å²) in [5.74, 6) is 1.07. The number of nitrogens with one attached hydrogen (secondary N) is 2. The van der Waals surface area contributed by atoms with Crippen LogP contribution in [0.2, 0.25) is 0 Å². The first kappa shape index (κ1) is 18.1. The van der Waals surface area contributed by atoms with E-state index in [0.717, 1.165) is 15.6 Å². The first-order chi connectivity index (χ1) is 12.5. The van der Waals surface area contributed by atoms with Crippen LogP contribution in [0.3, 0.4) is 0 Å². The molecule has 0 bridgehead atoms. The Kier molecular flexibility index (Phi) is 5.68. The molecule has 0 saturated carbocycles. The summed E-state index contributed by atoms with van der Waals surface area (Å²) < 4.78 is 6.36. The van der Waals surface area contributed by atoms with Crippen LogP contribution >= 0.6 is 15.9 Å². The highest BCUT2D eigenvalue weighted by Crippen LogP contribution is 2.22. The normalized spacial score (nSPS) is 10.8. The lowest BCUT2D eigenvalue weighted by Gasteiger charge is -2.10. The summed E-state index contributed by atoms with van der Waals surface area (Å²) in [6.07, 6.45) is 0.559. The summed E-state index contributed by atoms with van der Waals surface area (Å²) >= 11 is 3.52. The Balaban J connectivity index is 1.67. The average molecular weight is 415 g/mol. The van der Waals surface area contributed by atoms with Crippen molar-refractivity contribution in [3.63, 3.8) is 0 Å². The molecule has 2 aromatic carbocycles. The third-order valence-corrected chi connectivity index (χ3v) is 4.36. The Bertz CT molecular complexity index is 891. The molecular formula is C19H19BrN4O2. The molecule has 0 unspecified atom stereocenters. The van der Waals surface area contributed by atoms with E-state index in [1.54, 1.807) is 12.1 Å². The molecule has 2 amide bonds. The molecule has 0 aliphatic rings. The first-order valence-corrected chi connectivity index (χ1v) is 9.04. The minimum absolute atomic E-state index is 0.0803. The molecule has 1 aromatic heterocycles. The maximum absolute atomic E-state index is 11.7. The molecule has 0 aliphatic heterocycles. The van der Waals surface area contributed by atoms with Crippen molar-refractivity contribution in [2.24, 2.45) is 0 Å². The predicted octanol–water partition coefficient (Wildman–Crippen LogP) is 4.62. The van der Waals surface area contributed by atoms with Gasteiger partial charge in [0.25, 0.3) is 0 Å². The van der Waals surface area contributed by atoms with E-state index in [2.05, 4.69) is 36.7 Å². The summed E-state index contributed by atoms with van der Waals surface area (Å²) in [5.41, 5.74) is 2.60. The van der Waals surface area contributed by atoms with Gasteiger partial charge in [-0.25, -0.2) is 4.79 Å². The van der Waals surface area contributed by atoms with Gasteiger partial charge in [0.05, 0.1) is 6.42 Å². The van der Waals surface area contributed by atoms with Crippen molar-refractivity contribution >= 4 is 27.6 Å². The fraction of sp³-hybridized carbons (Fsp3) is 0.211. The van der Waals surface area contributed by atoms with E-state index in [1.807, 2.05) is 50.2 Å². The first-order valence-electron chi connectivity index (χ1n) is 8.25.